The Morgan fingerprint density at radius 2 is 2.20 bits per heavy atom. The van der Waals surface area contributed by atoms with Crippen LogP contribution < -0.4 is 5.73 Å². The molecule has 0 aliphatic rings. The largest absolute Gasteiger partial charge is 0.335 e. The van der Waals surface area contributed by atoms with E-state index in [0.29, 0.717) is 0 Å². The summed E-state index contributed by atoms with van der Waals surface area (Å²) < 4.78 is 2.17. The molecule has 1 atom stereocenters. The minimum atomic E-state index is 0.268. The molecule has 1 rings (SSSR count). The molecule has 0 fully saturated rings. The second-order valence-electron chi connectivity index (χ2n) is 4.09. The van der Waals surface area contributed by atoms with Crippen molar-refractivity contribution in [2.45, 2.75) is 58.5 Å². The summed E-state index contributed by atoms with van der Waals surface area (Å²) in [6.45, 7) is 5.33. The van der Waals surface area contributed by atoms with E-state index in [2.05, 4.69) is 23.4 Å². The molecule has 0 radical (unpaired) electrons. The predicted octanol–water partition coefficient (Wildman–Crippen LogP) is 2.35. The van der Waals surface area contributed by atoms with Gasteiger partial charge in [-0.3, -0.25) is 0 Å². The molecular formula is C12H23N3. The van der Waals surface area contributed by atoms with Crippen molar-refractivity contribution in [3.8, 4) is 0 Å². The molecule has 0 spiro atoms. The van der Waals surface area contributed by atoms with E-state index in [0.717, 1.165) is 25.2 Å². The number of aromatic nitrogens is 2. The quantitative estimate of drug-likeness (QED) is 0.701. The van der Waals surface area contributed by atoms with Crippen LogP contribution in [0, 0.1) is 0 Å². The van der Waals surface area contributed by atoms with Crippen LogP contribution in [-0.2, 0) is 13.0 Å². The van der Waals surface area contributed by atoms with Crippen molar-refractivity contribution in [1.82, 2.24) is 9.55 Å². The van der Waals surface area contributed by atoms with Crippen molar-refractivity contribution in [3.63, 3.8) is 0 Å². The van der Waals surface area contributed by atoms with Crippen molar-refractivity contribution in [3.05, 3.63) is 18.2 Å². The Hall–Kier alpha value is -0.830. The predicted molar refractivity (Wildman–Crippen MR) is 63.7 cm³/mol. The van der Waals surface area contributed by atoms with E-state index in [1.165, 1.54) is 19.3 Å². The van der Waals surface area contributed by atoms with Gasteiger partial charge >= 0.3 is 0 Å². The third-order valence-electron chi connectivity index (χ3n) is 2.77. The number of hydrogen-bond donors (Lipinski definition) is 1. The number of rotatable bonds is 7. The maximum Gasteiger partial charge on any atom is 0.110 e. The maximum atomic E-state index is 6.08. The Balaban J connectivity index is 2.33. The number of imidazole rings is 1. The van der Waals surface area contributed by atoms with E-state index in [-0.39, 0.29) is 6.04 Å². The van der Waals surface area contributed by atoms with Gasteiger partial charge in [0.05, 0.1) is 0 Å². The molecule has 1 heterocycles. The lowest BCUT2D eigenvalue weighted by Gasteiger charge is -2.11. The lowest BCUT2D eigenvalue weighted by molar-refractivity contribution is 0.534. The first-order valence-electron chi connectivity index (χ1n) is 6.03. The summed E-state index contributed by atoms with van der Waals surface area (Å²) in [5.41, 5.74) is 6.08. The van der Waals surface area contributed by atoms with Crippen molar-refractivity contribution >= 4 is 0 Å². The van der Waals surface area contributed by atoms with Gasteiger partial charge in [-0.05, 0) is 13.3 Å². The van der Waals surface area contributed by atoms with Crippen LogP contribution in [0.2, 0.25) is 0 Å². The molecule has 0 aromatic carbocycles. The Bertz CT molecular complexity index is 268. The molecule has 2 N–H and O–H groups in total. The zero-order valence-corrected chi connectivity index (χ0v) is 9.95. The highest BCUT2D eigenvalue weighted by Crippen LogP contribution is 2.07. The summed E-state index contributed by atoms with van der Waals surface area (Å²) in [6, 6.07) is 0.268. The van der Waals surface area contributed by atoms with Crippen LogP contribution in [0.5, 0.6) is 0 Å². The number of nitrogens with two attached hydrogens (primary N) is 1. The summed E-state index contributed by atoms with van der Waals surface area (Å²) in [6.07, 6.45) is 9.69. The Labute approximate surface area is 92.7 Å². The van der Waals surface area contributed by atoms with Gasteiger partial charge in [0, 0.05) is 31.4 Å². The SMILES string of the molecule is CCCCCC(N)Cc1nccn1CC. The average Bonchev–Trinajstić information content (AvgIpc) is 2.65. The minimum Gasteiger partial charge on any atom is -0.335 e. The summed E-state index contributed by atoms with van der Waals surface area (Å²) in [5, 5.41) is 0. The van der Waals surface area contributed by atoms with Crippen LogP contribution in [0.25, 0.3) is 0 Å². The molecule has 3 heteroatoms. The van der Waals surface area contributed by atoms with Gasteiger partial charge < -0.3 is 10.3 Å². The Morgan fingerprint density at radius 3 is 2.87 bits per heavy atom. The molecule has 3 nitrogen and oxygen atoms in total. The van der Waals surface area contributed by atoms with Gasteiger partial charge in [-0.25, -0.2) is 4.98 Å². The highest BCUT2D eigenvalue weighted by atomic mass is 15.1. The van der Waals surface area contributed by atoms with Gasteiger partial charge in [0.2, 0.25) is 0 Å². The van der Waals surface area contributed by atoms with E-state index in [1.54, 1.807) is 0 Å². The fraction of sp³-hybridized carbons (Fsp3) is 0.750. The molecule has 1 unspecified atom stereocenters. The number of unbranched alkanes of at least 4 members (excludes halogenated alkanes) is 2. The van der Waals surface area contributed by atoms with E-state index < -0.39 is 0 Å². The first-order chi connectivity index (χ1) is 7.27. The summed E-state index contributed by atoms with van der Waals surface area (Å²) in [7, 11) is 0. The molecule has 15 heavy (non-hydrogen) atoms. The van der Waals surface area contributed by atoms with Crippen LogP contribution in [0.1, 0.15) is 45.4 Å². The van der Waals surface area contributed by atoms with Gasteiger partial charge in [0.25, 0.3) is 0 Å². The van der Waals surface area contributed by atoms with E-state index in [9.17, 15) is 0 Å². The number of hydrogen-bond acceptors (Lipinski definition) is 2. The van der Waals surface area contributed by atoms with Crippen molar-refractivity contribution in [2.24, 2.45) is 5.73 Å². The van der Waals surface area contributed by atoms with Crippen molar-refractivity contribution < 1.29 is 0 Å². The fourth-order valence-electron chi connectivity index (χ4n) is 1.81. The molecule has 86 valence electrons. The fourth-order valence-corrected chi connectivity index (χ4v) is 1.81. The third kappa shape index (κ3) is 4.04. The maximum absolute atomic E-state index is 6.08. The average molecular weight is 209 g/mol. The second kappa shape index (κ2) is 6.62. The minimum absolute atomic E-state index is 0.268. The summed E-state index contributed by atoms with van der Waals surface area (Å²) in [5.74, 6) is 1.13. The smallest absolute Gasteiger partial charge is 0.110 e. The van der Waals surface area contributed by atoms with E-state index in [4.69, 9.17) is 5.73 Å². The molecule has 0 aliphatic carbocycles. The molecule has 0 saturated carbocycles. The highest BCUT2D eigenvalue weighted by Gasteiger charge is 2.07. The van der Waals surface area contributed by atoms with Gasteiger partial charge in [-0.15, -0.1) is 0 Å². The van der Waals surface area contributed by atoms with Gasteiger partial charge in [-0.1, -0.05) is 26.2 Å². The highest BCUT2D eigenvalue weighted by molar-refractivity contribution is 4.94. The lowest BCUT2D eigenvalue weighted by atomic mass is 10.1. The zero-order valence-electron chi connectivity index (χ0n) is 9.95. The Morgan fingerprint density at radius 1 is 1.40 bits per heavy atom. The van der Waals surface area contributed by atoms with Gasteiger partial charge in [-0.2, -0.15) is 0 Å². The van der Waals surface area contributed by atoms with Crippen molar-refractivity contribution in [2.75, 3.05) is 0 Å². The van der Waals surface area contributed by atoms with Gasteiger partial charge in [0.15, 0.2) is 0 Å². The molecule has 1 aromatic heterocycles. The van der Waals surface area contributed by atoms with Crippen LogP contribution in [0.4, 0.5) is 0 Å². The second-order valence-corrected chi connectivity index (χ2v) is 4.09. The standard InChI is InChI=1S/C12H23N3/c1-3-5-6-7-11(13)10-12-14-8-9-15(12)4-2/h8-9,11H,3-7,10,13H2,1-2H3. The zero-order chi connectivity index (χ0) is 11.1. The van der Waals surface area contributed by atoms with Crippen LogP contribution in [0.15, 0.2) is 12.4 Å². The topological polar surface area (TPSA) is 43.8 Å². The number of nitrogens with zero attached hydrogens (tertiary/aromatic N) is 2. The van der Waals surface area contributed by atoms with Crippen LogP contribution in [0.3, 0.4) is 0 Å². The van der Waals surface area contributed by atoms with Gasteiger partial charge in [0.1, 0.15) is 5.82 Å². The lowest BCUT2D eigenvalue weighted by Crippen LogP contribution is -2.24. The third-order valence-corrected chi connectivity index (χ3v) is 2.77. The van der Waals surface area contributed by atoms with E-state index >= 15 is 0 Å². The van der Waals surface area contributed by atoms with E-state index in [1.807, 2.05) is 12.4 Å². The molecule has 0 aliphatic heterocycles. The monoisotopic (exact) mass is 209 g/mol. The molecule has 0 saturated heterocycles. The molecular weight excluding hydrogens is 186 g/mol. The van der Waals surface area contributed by atoms with Crippen LogP contribution >= 0.6 is 0 Å². The first-order valence-corrected chi connectivity index (χ1v) is 6.03. The molecule has 0 amide bonds. The van der Waals surface area contributed by atoms with Crippen molar-refractivity contribution in [1.29, 1.82) is 0 Å². The first kappa shape index (κ1) is 12.2. The van der Waals surface area contributed by atoms with Crippen LogP contribution in [-0.4, -0.2) is 15.6 Å². The summed E-state index contributed by atoms with van der Waals surface area (Å²) >= 11 is 0. The summed E-state index contributed by atoms with van der Waals surface area (Å²) in [4.78, 5) is 4.34. The Kier molecular flexibility index (Phi) is 5.40. The molecule has 0 bridgehead atoms. The normalized spacial score (nSPS) is 13.0. The molecule has 1 aromatic rings. The number of aryl methyl sites for hydroxylation is 1.